The monoisotopic (exact) mass is 200 g/mol. The lowest BCUT2D eigenvalue weighted by molar-refractivity contribution is -0.121. The molecule has 2 atom stereocenters. The molecule has 0 unspecified atom stereocenters. The molecule has 12 heavy (non-hydrogen) atoms. The highest BCUT2D eigenvalue weighted by Gasteiger charge is 2.27. The second-order valence-electron chi connectivity index (χ2n) is 1.95. The minimum absolute atomic E-state index is 0.0000231. The van der Waals surface area contributed by atoms with Gasteiger partial charge in [0.1, 0.15) is 6.10 Å². The van der Waals surface area contributed by atoms with Crippen molar-refractivity contribution in [1.29, 1.82) is 0 Å². The maximum Gasteiger partial charge on any atom is 0.470 e. The van der Waals surface area contributed by atoms with Gasteiger partial charge in [0.2, 0.25) is 0 Å². The van der Waals surface area contributed by atoms with Gasteiger partial charge >= 0.3 is 7.82 Å². The first-order valence-electron chi connectivity index (χ1n) is 2.89. The molecule has 0 aromatic rings. The summed E-state index contributed by atoms with van der Waals surface area (Å²) in [4.78, 5) is 26.4. The van der Waals surface area contributed by atoms with Gasteiger partial charge in [0.25, 0.3) is 0 Å². The molecule has 0 aromatic heterocycles. The summed E-state index contributed by atoms with van der Waals surface area (Å²) in [6.07, 6.45) is -3.34. The van der Waals surface area contributed by atoms with E-state index in [0.717, 1.165) is 0 Å². The quantitative estimate of drug-likeness (QED) is 0.299. The van der Waals surface area contributed by atoms with Crippen molar-refractivity contribution in [3.63, 3.8) is 0 Å². The van der Waals surface area contributed by atoms with Crippen molar-refractivity contribution >= 4 is 14.1 Å². The van der Waals surface area contributed by atoms with Crippen LogP contribution in [0.3, 0.4) is 0 Å². The summed E-state index contributed by atoms with van der Waals surface area (Å²) in [5.74, 6) is 0. The van der Waals surface area contributed by atoms with Crippen LogP contribution in [0.25, 0.3) is 0 Å². The maximum atomic E-state index is 10.1. The first-order chi connectivity index (χ1) is 5.40. The van der Waals surface area contributed by atoms with Crippen LogP contribution < -0.4 is 0 Å². The van der Waals surface area contributed by atoms with E-state index in [1.165, 1.54) is 0 Å². The fourth-order valence-electron chi connectivity index (χ4n) is 0.448. The third-order valence-corrected chi connectivity index (χ3v) is 1.48. The number of hydrogen-bond acceptors (Lipinski definition) is 5. The number of aliphatic hydroxyl groups is 2. The smallest absolute Gasteiger partial charge is 0.394 e. The standard InChI is InChI=1S/C4H9O7P/c5-1-3(7)4(2-6)11-12(8,9)10/h2-5,7H,1H2,(H2,8,9,10)/t3-,4-/m1/s1. The molecule has 0 aliphatic heterocycles. The minimum atomic E-state index is -4.81. The van der Waals surface area contributed by atoms with Gasteiger partial charge < -0.3 is 24.8 Å². The average molecular weight is 200 g/mol. The zero-order valence-corrected chi connectivity index (χ0v) is 6.79. The third kappa shape index (κ3) is 4.55. The Hall–Kier alpha value is -0.300. The fourth-order valence-corrected chi connectivity index (χ4v) is 0.956. The molecule has 0 saturated heterocycles. The van der Waals surface area contributed by atoms with Crippen molar-refractivity contribution in [1.82, 2.24) is 0 Å². The van der Waals surface area contributed by atoms with Gasteiger partial charge in [-0.15, -0.1) is 0 Å². The Labute approximate surface area is 67.8 Å². The Kier molecular flexibility index (Phi) is 4.54. The van der Waals surface area contributed by atoms with Gasteiger partial charge in [-0.05, 0) is 0 Å². The number of phosphoric ester groups is 1. The molecule has 72 valence electrons. The molecule has 0 amide bonds. The maximum absolute atomic E-state index is 10.1. The van der Waals surface area contributed by atoms with E-state index >= 15 is 0 Å². The lowest BCUT2D eigenvalue weighted by atomic mass is 10.2. The molecule has 0 radical (unpaired) electrons. The normalized spacial score (nSPS) is 17.0. The molecule has 7 nitrogen and oxygen atoms in total. The second kappa shape index (κ2) is 4.66. The van der Waals surface area contributed by atoms with Crippen molar-refractivity contribution in [2.24, 2.45) is 0 Å². The summed E-state index contributed by atoms with van der Waals surface area (Å²) in [6.45, 7) is -0.816. The van der Waals surface area contributed by atoms with E-state index in [4.69, 9.17) is 20.0 Å². The Morgan fingerprint density at radius 2 is 2.00 bits per heavy atom. The van der Waals surface area contributed by atoms with Crippen molar-refractivity contribution in [2.75, 3.05) is 6.61 Å². The van der Waals surface area contributed by atoms with Crippen molar-refractivity contribution < 1.29 is 33.9 Å². The van der Waals surface area contributed by atoms with Gasteiger partial charge in [0.05, 0.1) is 6.61 Å². The summed E-state index contributed by atoms with van der Waals surface area (Å²) < 4.78 is 14.0. The van der Waals surface area contributed by atoms with E-state index < -0.39 is 26.6 Å². The van der Waals surface area contributed by atoms with Crippen LogP contribution in [-0.4, -0.2) is 45.1 Å². The lowest BCUT2D eigenvalue weighted by Crippen LogP contribution is -2.32. The Morgan fingerprint density at radius 1 is 1.50 bits per heavy atom. The SMILES string of the molecule is O=C[C@@H](OP(=O)(O)O)[C@H](O)CO. The highest BCUT2D eigenvalue weighted by molar-refractivity contribution is 7.46. The molecule has 0 fully saturated rings. The van der Waals surface area contributed by atoms with Gasteiger partial charge in [0.15, 0.2) is 12.4 Å². The van der Waals surface area contributed by atoms with Gasteiger partial charge in [-0.2, -0.15) is 0 Å². The molecule has 0 bridgehead atoms. The molecule has 0 saturated carbocycles. The van der Waals surface area contributed by atoms with Gasteiger partial charge in [0, 0.05) is 0 Å². The van der Waals surface area contributed by atoms with E-state index in [0.29, 0.717) is 0 Å². The van der Waals surface area contributed by atoms with Crippen LogP contribution in [0, 0.1) is 0 Å². The number of carbonyl (C=O) groups is 1. The Balaban J connectivity index is 4.18. The van der Waals surface area contributed by atoms with E-state index in [9.17, 15) is 9.36 Å². The molecule has 8 heteroatoms. The largest absolute Gasteiger partial charge is 0.470 e. The van der Waals surface area contributed by atoms with Crippen molar-refractivity contribution in [3.05, 3.63) is 0 Å². The van der Waals surface area contributed by atoms with Crippen LogP contribution in [-0.2, 0) is 13.9 Å². The molecule has 0 rings (SSSR count). The number of hydrogen-bond donors (Lipinski definition) is 4. The summed E-state index contributed by atoms with van der Waals surface area (Å²) >= 11 is 0. The number of rotatable bonds is 5. The van der Waals surface area contributed by atoms with Gasteiger partial charge in [-0.1, -0.05) is 0 Å². The fraction of sp³-hybridized carbons (Fsp3) is 0.750. The number of phosphoric acid groups is 1. The van der Waals surface area contributed by atoms with Crippen LogP contribution in [0.5, 0.6) is 0 Å². The summed E-state index contributed by atoms with van der Waals surface area (Å²) in [7, 11) is -4.81. The van der Waals surface area contributed by atoms with E-state index in [1.807, 2.05) is 0 Å². The molecular formula is C4H9O7P. The predicted molar refractivity (Wildman–Crippen MR) is 36.1 cm³/mol. The molecule has 4 N–H and O–H groups in total. The Morgan fingerprint density at radius 3 is 2.25 bits per heavy atom. The van der Waals surface area contributed by atoms with Crippen LogP contribution in [0.15, 0.2) is 0 Å². The predicted octanol–water partition coefficient (Wildman–Crippen LogP) is -1.98. The molecule has 0 heterocycles. The summed E-state index contributed by atoms with van der Waals surface area (Å²) in [5, 5.41) is 17.0. The van der Waals surface area contributed by atoms with E-state index in [-0.39, 0.29) is 6.29 Å². The third-order valence-electron chi connectivity index (χ3n) is 0.959. The first kappa shape index (κ1) is 11.7. The number of aldehydes is 1. The molecule has 0 aliphatic carbocycles. The molecule has 0 spiro atoms. The molecule has 0 aromatic carbocycles. The number of aliphatic hydroxyl groups excluding tert-OH is 2. The van der Waals surface area contributed by atoms with E-state index in [2.05, 4.69) is 4.52 Å². The summed E-state index contributed by atoms with van der Waals surface area (Å²) in [5.41, 5.74) is 0. The highest BCUT2D eigenvalue weighted by Crippen LogP contribution is 2.37. The Bertz CT molecular complexity index is 186. The second-order valence-corrected chi connectivity index (χ2v) is 3.14. The van der Waals surface area contributed by atoms with Crippen LogP contribution in [0.2, 0.25) is 0 Å². The average Bonchev–Trinajstić information content (AvgIpc) is 1.97. The van der Waals surface area contributed by atoms with E-state index in [1.54, 1.807) is 0 Å². The lowest BCUT2D eigenvalue weighted by Gasteiger charge is -2.15. The first-order valence-corrected chi connectivity index (χ1v) is 4.42. The van der Waals surface area contributed by atoms with Crippen LogP contribution in [0.1, 0.15) is 0 Å². The highest BCUT2D eigenvalue weighted by atomic mass is 31.2. The number of carbonyl (C=O) groups excluding carboxylic acids is 1. The van der Waals surface area contributed by atoms with Crippen molar-refractivity contribution in [3.8, 4) is 0 Å². The zero-order valence-electron chi connectivity index (χ0n) is 5.90. The molecule has 0 aliphatic rings. The van der Waals surface area contributed by atoms with Gasteiger partial charge in [-0.25, -0.2) is 4.57 Å². The summed E-state index contributed by atoms with van der Waals surface area (Å²) in [6, 6.07) is 0. The zero-order chi connectivity index (χ0) is 9.78. The van der Waals surface area contributed by atoms with Gasteiger partial charge in [-0.3, -0.25) is 4.52 Å². The minimum Gasteiger partial charge on any atom is -0.394 e. The topological polar surface area (TPSA) is 124 Å². The van der Waals surface area contributed by atoms with Crippen LogP contribution >= 0.6 is 7.82 Å². The van der Waals surface area contributed by atoms with Crippen LogP contribution in [0.4, 0.5) is 0 Å². The van der Waals surface area contributed by atoms with Crippen molar-refractivity contribution in [2.45, 2.75) is 12.2 Å². The molecular weight excluding hydrogens is 191 g/mol.